The van der Waals surface area contributed by atoms with Gasteiger partial charge in [-0.1, -0.05) is 25.5 Å². The first kappa shape index (κ1) is 22.8. The van der Waals surface area contributed by atoms with E-state index in [0.717, 1.165) is 24.3 Å². The van der Waals surface area contributed by atoms with E-state index in [4.69, 9.17) is 4.55 Å². The molecule has 0 aliphatic rings. The molecular weight excluding hydrogens is 418 g/mol. The van der Waals surface area contributed by atoms with Crippen LogP contribution in [0.25, 0.3) is 0 Å². The summed E-state index contributed by atoms with van der Waals surface area (Å²) in [5.74, 6) is -1.28. The van der Waals surface area contributed by atoms with Crippen LogP contribution in [0.1, 0.15) is 0 Å². The first-order valence-corrected chi connectivity index (χ1v) is 9.50. The van der Waals surface area contributed by atoms with Crippen molar-refractivity contribution < 1.29 is 67.1 Å². The molecule has 0 saturated heterocycles. The van der Waals surface area contributed by atoms with Crippen LogP contribution in [-0.2, 0) is 10.1 Å². The molecule has 0 saturated carbocycles. The average molecular weight is 426 g/mol. The van der Waals surface area contributed by atoms with E-state index in [2.05, 4.69) is 10.2 Å². The van der Waals surface area contributed by atoms with Crippen molar-refractivity contribution in [2.24, 2.45) is 10.2 Å². The van der Waals surface area contributed by atoms with Crippen molar-refractivity contribution in [1.29, 1.82) is 0 Å². The molecule has 0 heterocycles. The second kappa shape index (κ2) is 6.42. The van der Waals surface area contributed by atoms with Gasteiger partial charge in [0, 0.05) is 0 Å². The standard InChI is InChI=1S/C12H9F5N2O4S2.Na/c13-25(14,15,16,17)12-7-9(20)3-6-11(12)19-18-8-1-4-10(5-2-8)24(21,22)23;/h1-7,20H,(H,21,22,23);/q;+1/p-1. The minimum absolute atomic E-state index is 0. The topological polar surface area (TPSA) is 102 Å². The van der Waals surface area contributed by atoms with Crippen LogP contribution in [0.3, 0.4) is 0 Å². The molecule has 0 aliphatic carbocycles. The van der Waals surface area contributed by atoms with E-state index in [1.165, 1.54) is 0 Å². The SMILES string of the molecule is O=S(=O)(O)c1ccc(N=Nc2ccc([O-])cc2S(F)(F)(F)(F)F)cc1.[Na+]. The molecule has 0 bridgehead atoms. The Bertz CT molecular complexity index is 964. The van der Waals surface area contributed by atoms with Gasteiger partial charge in [0.2, 0.25) is 0 Å². The summed E-state index contributed by atoms with van der Waals surface area (Å²) >= 11 is 0. The van der Waals surface area contributed by atoms with Crippen molar-refractivity contribution in [3.63, 3.8) is 0 Å². The maximum absolute atomic E-state index is 13.0. The largest absolute Gasteiger partial charge is 1.00 e. The van der Waals surface area contributed by atoms with Crippen LogP contribution in [0, 0.1) is 0 Å². The van der Waals surface area contributed by atoms with Crippen LogP contribution >= 0.6 is 10.2 Å². The van der Waals surface area contributed by atoms with E-state index >= 15 is 0 Å². The first-order chi connectivity index (χ1) is 11.1. The summed E-state index contributed by atoms with van der Waals surface area (Å²) in [5, 5.41) is 17.4. The summed E-state index contributed by atoms with van der Waals surface area (Å²) in [7, 11) is -14.6. The maximum atomic E-state index is 13.0. The van der Waals surface area contributed by atoms with Gasteiger partial charge in [-0.15, -0.1) is 10.9 Å². The molecule has 2 aromatic rings. The summed E-state index contributed by atoms with van der Waals surface area (Å²) in [6.07, 6.45) is 0. The van der Waals surface area contributed by atoms with Gasteiger partial charge in [0.05, 0.1) is 10.6 Å². The minimum Gasteiger partial charge on any atom is -0.872 e. The van der Waals surface area contributed by atoms with E-state index in [1.54, 1.807) is 0 Å². The molecule has 0 atom stereocenters. The Kier molecular flexibility index (Phi) is 5.63. The molecule has 0 fully saturated rings. The maximum Gasteiger partial charge on any atom is 1.00 e. The third-order valence-corrected chi connectivity index (χ3v) is 4.78. The number of rotatable bonds is 4. The van der Waals surface area contributed by atoms with Gasteiger partial charge in [-0.2, -0.15) is 13.5 Å². The molecule has 6 nitrogen and oxygen atoms in total. The Morgan fingerprint density at radius 1 is 0.923 bits per heavy atom. The zero-order chi connectivity index (χ0) is 19.2. The minimum atomic E-state index is -10.2. The van der Waals surface area contributed by atoms with Crippen LogP contribution in [0.15, 0.2) is 62.5 Å². The Balaban J connectivity index is 0.00000338. The smallest absolute Gasteiger partial charge is 0.872 e. The van der Waals surface area contributed by atoms with Crippen molar-refractivity contribution in [3.05, 3.63) is 42.5 Å². The summed E-state index contributed by atoms with van der Waals surface area (Å²) in [6.45, 7) is 0. The monoisotopic (exact) mass is 426 g/mol. The van der Waals surface area contributed by atoms with Crippen molar-refractivity contribution in [2.75, 3.05) is 0 Å². The van der Waals surface area contributed by atoms with Crippen molar-refractivity contribution in [3.8, 4) is 5.75 Å². The van der Waals surface area contributed by atoms with Crippen LogP contribution in [-0.4, -0.2) is 13.0 Å². The van der Waals surface area contributed by atoms with Crippen molar-refractivity contribution >= 4 is 31.7 Å². The fraction of sp³-hybridized carbons (Fsp3) is 0. The number of hydrogen-bond donors (Lipinski definition) is 1. The molecule has 26 heavy (non-hydrogen) atoms. The van der Waals surface area contributed by atoms with Gasteiger partial charge in [0.1, 0.15) is 10.6 Å². The van der Waals surface area contributed by atoms with Gasteiger partial charge in [0.15, 0.2) is 0 Å². The summed E-state index contributed by atoms with van der Waals surface area (Å²) in [6, 6.07) is 4.53. The molecule has 138 valence electrons. The molecule has 2 aromatic carbocycles. The van der Waals surface area contributed by atoms with Crippen LogP contribution in [0.2, 0.25) is 0 Å². The molecule has 0 radical (unpaired) electrons. The molecule has 1 N–H and O–H groups in total. The zero-order valence-corrected chi connectivity index (χ0v) is 16.4. The van der Waals surface area contributed by atoms with Crippen LogP contribution in [0.4, 0.5) is 30.8 Å². The molecule has 0 amide bonds. The number of azo groups is 1. The fourth-order valence-corrected chi connectivity index (χ4v) is 3.01. The number of halogens is 5. The molecule has 0 aliphatic heterocycles. The average Bonchev–Trinajstić information content (AvgIpc) is 2.43. The second-order valence-corrected chi connectivity index (χ2v) is 8.57. The third-order valence-electron chi connectivity index (χ3n) is 2.75. The molecule has 0 aromatic heterocycles. The van der Waals surface area contributed by atoms with Gasteiger partial charge < -0.3 is 5.11 Å². The van der Waals surface area contributed by atoms with Gasteiger partial charge >= 0.3 is 39.8 Å². The quantitative estimate of drug-likeness (QED) is 0.350. The van der Waals surface area contributed by atoms with Crippen molar-refractivity contribution in [2.45, 2.75) is 9.79 Å². The van der Waals surface area contributed by atoms with E-state index in [9.17, 15) is 33.0 Å². The Morgan fingerprint density at radius 2 is 1.46 bits per heavy atom. The van der Waals surface area contributed by atoms with Gasteiger partial charge in [-0.3, -0.25) is 4.55 Å². The predicted octanol–water partition coefficient (Wildman–Crippen LogP) is 2.08. The Labute approximate surface area is 166 Å². The van der Waals surface area contributed by atoms with Gasteiger partial charge in [0.25, 0.3) is 10.1 Å². The molecular formula is C12H8F5N2NaO4S2. The first-order valence-electron chi connectivity index (χ1n) is 6.11. The number of nitrogens with zero attached hydrogens (tertiary/aromatic N) is 2. The molecule has 2 rings (SSSR count). The summed E-state index contributed by atoms with van der Waals surface area (Å²) in [4.78, 5) is -2.97. The second-order valence-electron chi connectivity index (χ2n) is 4.77. The van der Waals surface area contributed by atoms with E-state index in [0.29, 0.717) is 12.1 Å². The third kappa shape index (κ3) is 5.89. The summed E-state index contributed by atoms with van der Waals surface area (Å²) < 4.78 is 95.3. The predicted molar refractivity (Wildman–Crippen MR) is 77.7 cm³/mol. The number of benzene rings is 2. The normalized spacial score (nSPS) is 15.2. The molecule has 0 unspecified atom stereocenters. The molecule has 14 heteroatoms. The van der Waals surface area contributed by atoms with Gasteiger partial charge in [-0.25, -0.2) is 0 Å². The van der Waals surface area contributed by atoms with Crippen molar-refractivity contribution in [1.82, 2.24) is 0 Å². The van der Waals surface area contributed by atoms with E-state index in [1.807, 2.05) is 0 Å². The van der Waals surface area contributed by atoms with Crippen LogP contribution in [0.5, 0.6) is 5.75 Å². The molecule has 0 spiro atoms. The summed E-state index contributed by atoms with van der Waals surface area (Å²) in [5.41, 5.74) is -1.44. The number of hydrogen-bond acceptors (Lipinski definition) is 5. The van der Waals surface area contributed by atoms with Gasteiger partial charge in [-0.05, 0) is 36.4 Å². The zero-order valence-electron chi connectivity index (χ0n) is 12.8. The fourth-order valence-electron chi connectivity index (χ4n) is 1.68. The Morgan fingerprint density at radius 3 is 1.92 bits per heavy atom. The Hall–Kier alpha value is -1.25. The van der Waals surface area contributed by atoms with E-state index < -0.39 is 41.6 Å². The van der Waals surface area contributed by atoms with E-state index in [-0.39, 0.29) is 41.3 Å². The van der Waals surface area contributed by atoms with Crippen LogP contribution < -0.4 is 34.7 Å².